The molecule has 0 aromatic heterocycles. The van der Waals surface area contributed by atoms with Crippen LogP contribution in [0, 0.1) is 0 Å². The van der Waals surface area contributed by atoms with E-state index in [0.29, 0.717) is 11.1 Å². The van der Waals surface area contributed by atoms with E-state index in [4.69, 9.17) is 0 Å². The van der Waals surface area contributed by atoms with Crippen molar-refractivity contribution in [2.45, 2.75) is 42.1 Å². The van der Waals surface area contributed by atoms with Gasteiger partial charge in [0.2, 0.25) is 11.8 Å². The minimum absolute atomic E-state index is 0.319. The lowest BCUT2D eigenvalue weighted by atomic mass is 9.95. The number of rotatable bonds is 10. The molecule has 5 N–H and O–H groups in total. The summed E-state index contributed by atoms with van der Waals surface area (Å²) >= 11 is 1.30. The molecule has 44 heavy (non-hydrogen) atoms. The van der Waals surface area contributed by atoms with Crippen molar-refractivity contribution < 1.29 is 29.1 Å². The molecule has 2 fully saturated rings. The van der Waals surface area contributed by atoms with E-state index in [0.717, 1.165) is 17.6 Å². The lowest BCUT2D eigenvalue weighted by Crippen LogP contribution is -2.71. The van der Waals surface area contributed by atoms with Crippen molar-refractivity contribution in [3.63, 3.8) is 0 Å². The Labute approximate surface area is 257 Å². The van der Waals surface area contributed by atoms with Gasteiger partial charge in [-0.3, -0.25) is 19.2 Å². The molecular weight excluding hydrogens is 584 g/mol. The topological polar surface area (TPSA) is 169 Å². The fourth-order valence-electron chi connectivity index (χ4n) is 5.11. The van der Waals surface area contributed by atoms with Gasteiger partial charge in [-0.25, -0.2) is 10.2 Å². The molecule has 0 radical (unpaired) electrons. The summed E-state index contributed by atoms with van der Waals surface area (Å²) in [6, 6.07) is 21.5. The number of carboxylic acid groups (broad SMARTS) is 1. The number of amides is 4. The van der Waals surface area contributed by atoms with Crippen molar-refractivity contribution in [1.29, 1.82) is 0 Å². The zero-order chi connectivity index (χ0) is 31.4. The van der Waals surface area contributed by atoms with Gasteiger partial charge in [-0.05, 0) is 55.8 Å². The Hall–Kier alpha value is -5.17. The number of carboxylic acids is 1. The number of hydrogen-bond donors (Lipinski definition) is 5. The first kappa shape index (κ1) is 30.3. The van der Waals surface area contributed by atoms with Gasteiger partial charge in [0.15, 0.2) is 0 Å². The number of fused-ring (bicyclic) bond motifs is 1. The van der Waals surface area contributed by atoms with Gasteiger partial charge in [0, 0.05) is 21.7 Å². The minimum atomic E-state index is -1.19. The van der Waals surface area contributed by atoms with E-state index in [-0.39, 0.29) is 0 Å². The van der Waals surface area contributed by atoms with Crippen molar-refractivity contribution in [3.8, 4) is 0 Å². The maximum Gasteiger partial charge on any atom is 0.327 e. The fraction of sp³-hybridized carbons (Fsp3) is 0.226. The molecule has 3 aromatic rings. The number of β-lactam (4-membered cyclic amide) rings is 1. The number of carbonyl (C=O) groups is 5. The van der Waals surface area contributed by atoms with Gasteiger partial charge in [0.25, 0.3) is 11.8 Å². The second-order valence-electron chi connectivity index (χ2n) is 10.7. The zero-order valence-electron chi connectivity index (χ0n) is 23.8. The van der Waals surface area contributed by atoms with E-state index in [2.05, 4.69) is 26.5 Å². The summed E-state index contributed by atoms with van der Waals surface area (Å²) in [5, 5.41) is 21.3. The Balaban J connectivity index is 1.19. The van der Waals surface area contributed by atoms with Crippen LogP contribution in [0.15, 0.2) is 90.0 Å². The number of benzene rings is 3. The van der Waals surface area contributed by atoms with Crippen LogP contribution in [-0.2, 0) is 19.2 Å². The number of nitrogens with zero attached hydrogens (tertiary/aromatic N) is 2. The number of nitrogens with one attached hydrogen (secondary N) is 4. The molecule has 0 spiro atoms. The van der Waals surface area contributed by atoms with Crippen molar-refractivity contribution in [3.05, 3.63) is 96.1 Å². The summed E-state index contributed by atoms with van der Waals surface area (Å²) in [5.41, 5.74) is 4.75. The molecule has 0 bridgehead atoms. The normalized spacial score (nSPS) is 20.6. The molecule has 2 saturated heterocycles. The summed E-state index contributed by atoms with van der Waals surface area (Å²) in [5.74, 6) is -3.56. The van der Waals surface area contributed by atoms with Gasteiger partial charge < -0.3 is 26.0 Å². The summed E-state index contributed by atoms with van der Waals surface area (Å²) in [6.07, 6.45) is 0.843. The van der Waals surface area contributed by atoms with Crippen LogP contribution < -0.4 is 21.4 Å². The van der Waals surface area contributed by atoms with E-state index < -0.39 is 57.8 Å². The number of para-hydroxylation sites is 1. The Morgan fingerprint density at radius 1 is 0.932 bits per heavy atom. The lowest BCUT2D eigenvalue weighted by molar-refractivity contribution is -0.161. The van der Waals surface area contributed by atoms with E-state index in [1.54, 1.807) is 68.4 Å². The Bertz CT molecular complexity index is 1600. The van der Waals surface area contributed by atoms with Crippen molar-refractivity contribution in [2.24, 2.45) is 5.10 Å². The molecule has 12 nitrogen and oxygen atoms in total. The largest absolute Gasteiger partial charge is 0.480 e. The molecule has 2 heterocycles. The van der Waals surface area contributed by atoms with E-state index in [1.165, 1.54) is 16.7 Å². The van der Waals surface area contributed by atoms with Crippen LogP contribution in [0.5, 0.6) is 0 Å². The highest BCUT2D eigenvalue weighted by Gasteiger charge is 2.64. The first-order valence-electron chi connectivity index (χ1n) is 13.7. The average Bonchev–Trinajstić information content (AvgIpc) is 3.27. The molecule has 4 atom stereocenters. The molecule has 226 valence electrons. The third kappa shape index (κ3) is 6.42. The zero-order valence-corrected chi connectivity index (χ0v) is 24.6. The number of anilines is 2. The number of hydrogen-bond acceptors (Lipinski definition) is 8. The summed E-state index contributed by atoms with van der Waals surface area (Å²) in [4.78, 5) is 64.6. The van der Waals surface area contributed by atoms with Gasteiger partial charge in [-0.2, -0.15) is 5.10 Å². The first-order chi connectivity index (χ1) is 21.0. The minimum Gasteiger partial charge on any atom is -0.480 e. The molecular formula is C31H30N6O6S. The maximum absolute atomic E-state index is 13.4. The van der Waals surface area contributed by atoms with E-state index in [9.17, 15) is 29.1 Å². The van der Waals surface area contributed by atoms with Gasteiger partial charge >= 0.3 is 5.97 Å². The smallest absolute Gasteiger partial charge is 0.327 e. The maximum atomic E-state index is 13.4. The third-order valence-electron chi connectivity index (χ3n) is 7.21. The predicted octanol–water partition coefficient (Wildman–Crippen LogP) is 2.63. The summed E-state index contributed by atoms with van der Waals surface area (Å²) in [7, 11) is 0. The fourth-order valence-corrected chi connectivity index (χ4v) is 6.74. The van der Waals surface area contributed by atoms with Gasteiger partial charge in [0.05, 0.1) is 0 Å². The Morgan fingerprint density at radius 2 is 1.55 bits per heavy atom. The van der Waals surface area contributed by atoms with E-state index in [1.807, 2.05) is 30.3 Å². The number of hydrazone groups is 1. The molecule has 2 unspecified atom stereocenters. The van der Waals surface area contributed by atoms with Crippen LogP contribution in [0.3, 0.4) is 0 Å². The predicted molar refractivity (Wildman–Crippen MR) is 165 cm³/mol. The van der Waals surface area contributed by atoms with E-state index >= 15 is 0 Å². The highest BCUT2D eigenvalue weighted by Crippen LogP contribution is 2.50. The average molecular weight is 615 g/mol. The second kappa shape index (κ2) is 12.6. The Morgan fingerprint density at radius 3 is 2.18 bits per heavy atom. The van der Waals surface area contributed by atoms with Crippen LogP contribution in [-0.4, -0.2) is 68.0 Å². The summed E-state index contributed by atoms with van der Waals surface area (Å²) in [6.45, 7) is 3.48. The Kier molecular flexibility index (Phi) is 8.67. The molecule has 13 heteroatoms. The van der Waals surface area contributed by atoms with Crippen LogP contribution in [0.2, 0.25) is 0 Å². The third-order valence-corrected chi connectivity index (χ3v) is 8.78. The van der Waals surface area contributed by atoms with Crippen molar-refractivity contribution in [2.75, 3.05) is 5.32 Å². The monoisotopic (exact) mass is 614 g/mol. The standard InChI is InChI=1S/C31H30N6O6S/c1-31(2)25(30(42)43)37-28(41)24(29(37)44-31)35-27(40)23(18-9-5-3-6-10-18)34-22(38)17-32-36-26(39)19-13-15-21(16-14-19)33-20-11-7-4-8-12-20/h3-17,23-25,29,33H,1-2H3,(H,34,38)(H,35,40)(H,36,39)(H,42,43)/b32-17+/t23?,24?,25-,29+/m0/s1. The number of carbonyl (C=O) groups excluding carboxylic acids is 4. The van der Waals surface area contributed by atoms with Crippen molar-refractivity contribution >= 4 is 58.9 Å². The summed E-state index contributed by atoms with van der Waals surface area (Å²) < 4.78 is -0.749. The molecule has 2 aliphatic rings. The second-order valence-corrected chi connectivity index (χ2v) is 12.5. The molecule has 0 saturated carbocycles. The molecule has 3 aromatic carbocycles. The van der Waals surface area contributed by atoms with Crippen LogP contribution in [0.1, 0.15) is 35.8 Å². The van der Waals surface area contributed by atoms with Gasteiger partial charge in [-0.1, -0.05) is 48.5 Å². The first-order valence-corrected chi connectivity index (χ1v) is 14.6. The quantitative estimate of drug-likeness (QED) is 0.132. The van der Waals surface area contributed by atoms with Crippen LogP contribution in [0.25, 0.3) is 0 Å². The molecule has 2 aliphatic heterocycles. The SMILES string of the molecule is CC1(C)S[C@@H]2C(NC(=O)C(NC(=O)/C=N/NC(=O)c3ccc(Nc4ccccc4)cc3)c3ccccc3)C(=O)N2[C@H]1C(=O)O. The lowest BCUT2D eigenvalue weighted by Gasteiger charge is -2.44. The van der Waals surface area contributed by atoms with Crippen LogP contribution in [0.4, 0.5) is 11.4 Å². The van der Waals surface area contributed by atoms with Crippen LogP contribution >= 0.6 is 11.8 Å². The highest BCUT2D eigenvalue weighted by molar-refractivity contribution is 8.01. The molecule has 5 rings (SSSR count). The number of aliphatic carboxylic acids is 1. The highest BCUT2D eigenvalue weighted by atomic mass is 32.2. The van der Waals surface area contributed by atoms with Gasteiger partial charge in [-0.15, -0.1) is 11.8 Å². The molecule has 0 aliphatic carbocycles. The van der Waals surface area contributed by atoms with Crippen molar-refractivity contribution in [1.82, 2.24) is 21.0 Å². The number of thioether (sulfide) groups is 1. The van der Waals surface area contributed by atoms with Gasteiger partial charge in [0.1, 0.15) is 29.7 Å². The molecule has 4 amide bonds.